The fourth-order valence-corrected chi connectivity index (χ4v) is 5.48. The number of ether oxygens (including phenoxy) is 1. The summed E-state index contributed by atoms with van der Waals surface area (Å²) in [6.07, 6.45) is 3.05. The Morgan fingerprint density at radius 1 is 1.17 bits per heavy atom. The quantitative estimate of drug-likeness (QED) is 0.282. The zero-order chi connectivity index (χ0) is 28.3. The van der Waals surface area contributed by atoms with E-state index in [-0.39, 0.29) is 19.1 Å². The Kier molecular flexibility index (Phi) is 7.42. The number of nitrogens with zero attached hydrogens (tertiary/aromatic N) is 7. The number of benzene rings is 2. The highest BCUT2D eigenvalue weighted by atomic mass is 32.2. The standard InChI is InChI=1S/C28H29N9O3S/c1-3-41-22-11-7-10-20-23(22)32-27(37-25(20)33-24(34-37)19-14-30-35(2)15-19)31-21-16-36(13-12-29-26(21)38)28(39)40-17-18-8-5-4-6-9-18/h4-11,14-15,21H,3,12-13,16-17H2,1-2H3,(H,29,38)(H,31,32)/t21-/m1/s1. The summed E-state index contributed by atoms with van der Waals surface area (Å²) >= 11 is 1.68. The summed E-state index contributed by atoms with van der Waals surface area (Å²) in [7, 11) is 1.83. The van der Waals surface area contributed by atoms with Gasteiger partial charge in [0.15, 0.2) is 11.5 Å². The van der Waals surface area contributed by atoms with E-state index in [1.165, 1.54) is 4.90 Å². The number of anilines is 1. The topological polar surface area (TPSA) is 132 Å². The van der Waals surface area contributed by atoms with Crippen LogP contribution in [0.4, 0.5) is 10.7 Å². The molecule has 6 rings (SSSR count). The molecule has 0 spiro atoms. The van der Waals surface area contributed by atoms with Crippen LogP contribution in [-0.2, 0) is 23.2 Å². The van der Waals surface area contributed by atoms with E-state index in [2.05, 4.69) is 22.7 Å². The van der Waals surface area contributed by atoms with Gasteiger partial charge >= 0.3 is 6.09 Å². The largest absolute Gasteiger partial charge is 0.445 e. The number of thioether (sulfide) groups is 1. The van der Waals surface area contributed by atoms with Gasteiger partial charge in [-0.05, 0) is 23.4 Å². The molecule has 2 aromatic carbocycles. The van der Waals surface area contributed by atoms with Crippen LogP contribution in [0.15, 0.2) is 65.8 Å². The molecule has 0 unspecified atom stereocenters. The minimum atomic E-state index is -0.799. The maximum absolute atomic E-state index is 13.1. The highest BCUT2D eigenvalue weighted by Crippen LogP contribution is 2.31. The second-order valence-corrected chi connectivity index (χ2v) is 10.9. The average Bonchev–Trinajstić information content (AvgIpc) is 3.58. The lowest BCUT2D eigenvalue weighted by Crippen LogP contribution is -2.44. The lowest BCUT2D eigenvalue weighted by Gasteiger charge is -2.23. The number of para-hydroxylation sites is 1. The molecular weight excluding hydrogens is 542 g/mol. The normalized spacial score (nSPS) is 15.6. The van der Waals surface area contributed by atoms with Crippen molar-refractivity contribution >= 4 is 46.3 Å². The van der Waals surface area contributed by atoms with Gasteiger partial charge in [-0.25, -0.2) is 14.8 Å². The molecule has 41 heavy (non-hydrogen) atoms. The minimum absolute atomic E-state index is 0.0934. The van der Waals surface area contributed by atoms with Crippen molar-refractivity contribution in [1.29, 1.82) is 0 Å². The molecule has 3 aromatic heterocycles. The third-order valence-electron chi connectivity index (χ3n) is 6.70. The monoisotopic (exact) mass is 571 g/mol. The smallest absolute Gasteiger partial charge is 0.410 e. The van der Waals surface area contributed by atoms with Crippen LogP contribution in [0.2, 0.25) is 0 Å². The fourth-order valence-electron chi connectivity index (χ4n) is 4.71. The van der Waals surface area contributed by atoms with Gasteiger partial charge in [-0.3, -0.25) is 9.48 Å². The van der Waals surface area contributed by atoms with Crippen molar-refractivity contribution in [2.75, 3.05) is 30.7 Å². The van der Waals surface area contributed by atoms with Crippen molar-refractivity contribution < 1.29 is 14.3 Å². The number of hydrogen-bond donors (Lipinski definition) is 2. The molecule has 1 aliphatic heterocycles. The molecule has 13 heteroatoms. The van der Waals surface area contributed by atoms with Gasteiger partial charge in [0.25, 0.3) is 0 Å². The molecule has 0 bridgehead atoms. The minimum Gasteiger partial charge on any atom is -0.445 e. The Bertz CT molecular complexity index is 1720. The van der Waals surface area contributed by atoms with Crippen LogP contribution in [-0.4, -0.2) is 77.7 Å². The molecule has 1 atom stereocenters. The van der Waals surface area contributed by atoms with Crippen LogP contribution >= 0.6 is 11.8 Å². The summed E-state index contributed by atoms with van der Waals surface area (Å²) < 4.78 is 8.85. The molecule has 2 amide bonds. The maximum atomic E-state index is 13.1. The van der Waals surface area contributed by atoms with E-state index >= 15 is 0 Å². The van der Waals surface area contributed by atoms with E-state index in [4.69, 9.17) is 19.8 Å². The molecule has 5 aromatic rings. The Hall–Kier alpha value is -4.65. The van der Waals surface area contributed by atoms with Crippen LogP contribution in [0.1, 0.15) is 12.5 Å². The Labute approximate surface area is 240 Å². The molecule has 1 aliphatic rings. The van der Waals surface area contributed by atoms with Gasteiger partial charge in [-0.15, -0.1) is 16.9 Å². The first-order valence-corrected chi connectivity index (χ1v) is 14.3. The fraction of sp³-hybridized carbons (Fsp3) is 0.286. The second-order valence-electron chi connectivity index (χ2n) is 9.57. The van der Waals surface area contributed by atoms with E-state index in [1.54, 1.807) is 27.2 Å². The summed E-state index contributed by atoms with van der Waals surface area (Å²) in [5, 5.41) is 16.0. The van der Waals surface area contributed by atoms with E-state index in [9.17, 15) is 9.59 Å². The zero-order valence-electron chi connectivity index (χ0n) is 22.6. The van der Waals surface area contributed by atoms with Crippen LogP contribution in [0.5, 0.6) is 0 Å². The number of fused-ring (bicyclic) bond motifs is 3. The predicted molar refractivity (Wildman–Crippen MR) is 156 cm³/mol. The lowest BCUT2D eigenvalue weighted by molar-refractivity contribution is -0.121. The Morgan fingerprint density at radius 3 is 2.80 bits per heavy atom. The molecule has 1 saturated heterocycles. The van der Waals surface area contributed by atoms with Gasteiger partial charge < -0.3 is 20.3 Å². The first kappa shape index (κ1) is 26.6. The SMILES string of the molecule is CCSc1cccc2c1nc(N[C@@H]1CN(C(=O)OCc3ccccc3)CCNC1=O)n1nc(-c3cnn(C)c3)nc21. The zero-order valence-corrected chi connectivity index (χ0v) is 23.5. The van der Waals surface area contributed by atoms with E-state index in [0.717, 1.165) is 32.7 Å². The molecule has 4 heterocycles. The molecule has 0 saturated carbocycles. The summed E-state index contributed by atoms with van der Waals surface area (Å²) in [4.78, 5) is 38.4. The van der Waals surface area contributed by atoms with Gasteiger partial charge in [0.2, 0.25) is 11.9 Å². The Balaban J connectivity index is 1.34. The predicted octanol–water partition coefficient (Wildman–Crippen LogP) is 3.34. The average molecular weight is 572 g/mol. The summed E-state index contributed by atoms with van der Waals surface area (Å²) in [5.74, 6) is 1.45. The highest BCUT2D eigenvalue weighted by molar-refractivity contribution is 7.99. The van der Waals surface area contributed by atoms with Gasteiger partial charge in [0.05, 0.1) is 23.8 Å². The number of rotatable bonds is 7. The third kappa shape index (κ3) is 5.53. The summed E-state index contributed by atoms with van der Waals surface area (Å²) in [6, 6.07) is 14.6. The number of aromatic nitrogens is 6. The summed E-state index contributed by atoms with van der Waals surface area (Å²) in [5.41, 5.74) is 3.00. The first-order valence-electron chi connectivity index (χ1n) is 13.3. The number of carbonyl (C=O) groups excluding carboxylic acids is 2. The van der Waals surface area contributed by atoms with E-state index in [1.807, 2.05) is 61.8 Å². The van der Waals surface area contributed by atoms with Gasteiger partial charge in [0, 0.05) is 36.6 Å². The molecule has 210 valence electrons. The molecular formula is C28H29N9O3S. The highest BCUT2D eigenvalue weighted by Gasteiger charge is 2.30. The van der Waals surface area contributed by atoms with Crippen molar-refractivity contribution in [1.82, 2.24) is 39.6 Å². The second kappa shape index (κ2) is 11.5. The van der Waals surface area contributed by atoms with Crippen LogP contribution in [0.3, 0.4) is 0 Å². The van der Waals surface area contributed by atoms with Crippen molar-refractivity contribution in [2.24, 2.45) is 7.05 Å². The van der Waals surface area contributed by atoms with Crippen molar-refractivity contribution in [3.63, 3.8) is 0 Å². The van der Waals surface area contributed by atoms with Gasteiger partial charge in [-0.1, -0.05) is 43.3 Å². The van der Waals surface area contributed by atoms with Crippen molar-refractivity contribution in [3.05, 3.63) is 66.5 Å². The molecule has 2 N–H and O–H groups in total. The van der Waals surface area contributed by atoms with Crippen LogP contribution in [0, 0.1) is 0 Å². The third-order valence-corrected chi connectivity index (χ3v) is 7.62. The molecule has 0 radical (unpaired) electrons. The first-order chi connectivity index (χ1) is 20.0. The molecule has 1 fully saturated rings. The number of aryl methyl sites for hydroxylation is 1. The van der Waals surface area contributed by atoms with Crippen LogP contribution < -0.4 is 10.6 Å². The number of nitrogens with one attached hydrogen (secondary N) is 2. The van der Waals surface area contributed by atoms with E-state index in [0.29, 0.717) is 30.5 Å². The van der Waals surface area contributed by atoms with Crippen molar-refractivity contribution in [2.45, 2.75) is 24.5 Å². The van der Waals surface area contributed by atoms with Crippen LogP contribution in [0.25, 0.3) is 27.9 Å². The van der Waals surface area contributed by atoms with E-state index < -0.39 is 12.1 Å². The molecule has 12 nitrogen and oxygen atoms in total. The van der Waals surface area contributed by atoms with Gasteiger partial charge in [-0.2, -0.15) is 9.61 Å². The lowest BCUT2D eigenvalue weighted by atomic mass is 10.2. The number of amides is 2. The molecule has 0 aliphatic carbocycles. The summed E-state index contributed by atoms with van der Waals surface area (Å²) in [6.45, 7) is 2.96. The van der Waals surface area contributed by atoms with Crippen molar-refractivity contribution in [3.8, 4) is 11.4 Å². The number of hydrogen-bond acceptors (Lipinski definition) is 9. The van der Waals surface area contributed by atoms with Gasteiger partial charge in [0.1, 0.15) is 12.6 Å². The maximum Gasteiger partial charge on any atom is 0.410 e. The Morgan fingerprint density at radius 2 is 2.02 bits per heavy atom. The number of carbonyl (C=O) groups is 2.